The smallest absolute Gasteiger partial charge is 0.407 e. The standard InChI is InChI=1S/C25H28N2O6/c1-16-22(28)13-23(33-15-20-14-31-10-11-32-20)27-9-6-19-12-18(2-3-21(19)24(16)27)17-4-7-26(8-5-17)25(29)30/h2-4,12-13,20H,5-11,14-15H2,1H3,(H,29,30)/t20-/m0/s1. The van der Waals surface area contributed by atoms with Crippen molar-refractivity contribution in [1.29, 1.82) is 0 Å². The van der Waals surface area contributed by atoms with Crippen molar-refractivity contribution in [3.05, 3.63) is 57.3 Å². The fourth-order valence-corrected chi connectivity index (χ4v) is 4.80. The summed E-state index contributed by atoms with van der Waals surface area (Å²) in [5.74, 6) is 0.563. The van der Waals surface area contributed by atoms with E-state index < -0.39 is 6.09 Å². The molecule has 1 fully saturated rings. The van der Waals surface area contributed by atoms with Gasteiger partial charge in [-0.25, -0.2) is 4.79 Å². The number of rotatable bonds is 4. The minimum Gasteiger partial charge on any atom is -0.476 e. The van der Waals surface area contributed by atoms with Gasteiger partial charge in [0.05, 0.1) is 25.5 Å². The Balaban J connectivity index is 1.43. The van der Waals surface area contributed by atoms with Crippen molar-refractivity contribution in [3.8, 4) is 17.1 Å². The van der Waals surface area contributed by atoms with Crippen LogP contribution in [0.5, 0.6) is 5.88 Å². The van der Waals surface area contributed by atoms with Crippen molar-refractivity contribution >= 4 is 11.7 Å². The van der Waals surface area contributed by atoms with E-state index in [1.165, 1.54) is 16.0 Å². The maximum absolute atomic E-state index is 12.8. The Morgan fingerprint density at radius 2 is 2.09 bits per heavy atom. The number of hydrogen-bond donors (Lipinski definition) is 1. The lowest BCUT2D eigenvalue weighted by Crippen LogP contribution is -2.34. The Morgan fingerprint density at radius 1 is 1.21 bits per heavy atom. The van der Waals surface area contributed by atoms with Crippen LogP contribution < -0.4 is 10.2 Å². The first kappa shape index (κ1) is 21.7. The zero-order chi connectivity index (χ0) is 22.9. The van der Waals surface area contributed by atoms with E-state index in [1.54, 1.807) is 6.07 Å². The van der Waals surface area contributed by atoms with Gasteiger partial charge in [-0.2, -0.15) is 0 Å². The first-order valence-electron chi connectivity index (χ1n) is 11.4. The Labute approximate surface area is 192 Å². The van der Waals surface area contributed by atoms with Crippen molar-refractivity contribution < 1.29 is 24.1 Å². The predicted molar refractivity (Wildman–Crippen MR) is 123 cm³/mol. The monoisotopic (exact) mass is 452 g/mol. The van der Waals surface area contributed by atoms with Crippen LogP contribution in [0.4, 0.5) is 4.79 Å². The SMILES string of the molecule is Cc1c2n(c(OC[C@@H]3COCCO3)cc1=O)CCc1cc(C3=CCN(C(=O)O)CC3)ccc1-2. The predicted octanol–water partition coefficient (Wildman–Crippen LogP) is 2.94. The fraction of sp³-hybridized carbons (Fsp3) is 0.440. The zero-order valence-corrected chi connectivity index (χ0v) is 18.7. The van der Waals surface area contributed by atoms with Gasteiger partial charge in [0.15, 0.2) is 11.3 Å². The highest BCUT2D eigenvalue weighted by Crippen LogP contribution is 2.36. The summed E-state index contributed by atoms with van der Waals surface area (Å²) >= 11 is 0. The minimum atomic E-state index is -0.881. The Bertz CT molecular complexity index is 1160. The molecule has 3 aliphatic heterocycles. The molecule has 3 aliphatic rings. The van der Waals surface area contributed by atoms with Gasteiger partial charge in [0.1, 0.15) is 12.7 Å². The van der Waals surface area contributed by atoms with E-state index in [1.807, 2.05) is 13.0 Å². The van der Waals surface area contributed by atoms with Crippen LogP contribution in [-0.4, -0.2) is 66.3 Å². The molecule has 1 atom stereocenters. The summed E-state index contributed by atoms with van der Waals surface area (Å²) in [6, 6.07) is 7.91. The first-order valence-corrected chi connectivity index (χ1v) is 11.4. The van der Waals surface area contributed by atoms with Crippen molar-refractivity contribution in [2.45, 2.75) is 32.4 Å². The maximum atomic E-state index is 12.8. The summed E-state index contributed by atoms with van der Waals surface area (Å²) in [7, 11) is 0. The number of benzene rings is 1. The molecule has 0 aliphatic carbocycles. The molecule has 8 heteroatoms. The minimum absolute atomic E-state index is 0.0438. The molecule has 174 valence electrons. The number of hydrogen-bond acceptors (Lipinski definition) is 5. The van der Waals surface area contributed by atoms with Crippen LogP contribution in [0.15, 0.2) is 35.1 Å². The van der Waals surface area contributed by atoms with E-state index in [0.717, 1.165) is 29.8 Å². The molecule has 0 radical (unpaired) electrons. The van der Waals surface area contributed by atoms with Gasteiger partial charge in [-0.3, -0.25) is 4.79 Å². The number of carbonyl (C=O) groups is 1. The first-order chi connectivity index (χ1) is 16.0. The molecule has 1 amide bonds. The van der Waals surface area contributed by atoms with Gasteiger partial charge < -0.3 is 28.8 Å². The number of pyridine rings is 1. The van der Waals surface area contributed by atoms with E-state index in [-0.39, 0.29) is 11.5 Å². The Kier molecular flexibility index (Phi) is 5.95. The lowest BCUT2D eigenvalue weighted by molar-refractivity contribution is -0.102. The van der Waals surface area contributed by atoms with Crippen molar-refractivity contribution in [3.63, 3.8) is 0 Å². The average molecular weight is 453 g/mol. The van der Waals surface area contributed by atoms with Crippen LogP contribution in [0.2, 0.25) is 0 Å². The molecule has 0 spiro atoms. The van der Waals surface area contributed by atoms with Crippen LogP contribution in [0, 0.1) is 6.92 Å². The lowest BCUT2D eigenvalue weighted by Gasteiger charge is -2.29. The summed E-state index contributed by atoms with van der Waals surface area (Å²) in [6.45, 7) is 5.49. The van der Waals surface area contributed by atoms with Gasteiger partial charge >= 0.3 is 6.09 Å². The summed E-state index contributed by atoms with van der Waals surface area (Å²) < 4.78 is 19.2. The van der Waals surface area contributed by atoms with Gasteiger partial charge in [0, 0.05) is 36.8 Å². The summed E-state index contributed by atoms with van der Waals surface area (Å²) in [6.07, 6.45) is 2.51. The topological polar surface area (TPSA) is 90.2 Å². The second-order valence-corrected chi connectivity index (χ2v) is 8.68. The highest BCUT2D eigenvalue weighted by atomic mass is 16.6. The van der Waals surface area contributed by atoms with E-state index in [0.29, 0.717) is 57.4 Å². The largest absolute Gasteiger partial charge is 0.476 e. The molecule has 0 unspecified atom stereocenters. The van der Waals surface area contributed by atoms with Crippen LogP contribution in [0.25, 0.3) is 16.8 Å². The van der Waals surface area contributed by atoms with Crippen LogP contribution in [-0.2, 0) is 22.4 Å². The number of aromatic nitrogens is 1. The molecule has 4 heterocycles. The summed E-state index contributed by atoms with van der Waals surface area (Å²) in [4.78, 5) is 25.4. The molecular formula is C25H28N2O6. The third-order valence-electron chi connectivity index (χ3n) is 6.63. The third kappa shape index (κ3) is 4.28. The number of amides is 1. The quantitative estimate of drug-likeness (QED) is 0.767. The van der Waals surface area contributed by atoms with Crippen LogP contribution in [0.1, 0.15) is 23.1 Å². The molecule has 1 aromatic heterocycles. The highest BCUT2D eigenvalue weighted by molar-refractivity contribution is 5.76. The number of fused-ring (bicyclic) bond motifs is 3. The van der Waals surface area contributed by atoms with Crippen molar-refractivity contribution in [2.75, 3.05) is 39.5 Å². The maximum Gasteiger partial charge on any atom is 0.407 e. The molecule has 1 N–H and O–H groups in total. The van der Waals surface area contributed by atoms with Gasteiger partial charge in [0.2, 0.25) is 0 Å². The summed E-state index contributed by atoms with van der Waals surface area (Å²) in [5, 5.41) is 9.17. The number of carboxylic acid groups (broad SMARTS) is 1. The van der Waals surface area contributed by atoms with Gasteiger partial charge in [0.25, 0.3) is 0 Å². The van der Waals surface area contributed by atoms with Crippen LogP contribution in [0.3, 0.4) is 0 Å². The normalized spacial score (nSPS) is 20.0. The molecule has 1 saturated heterocycles. The van der Waals surface area contributed by atoms with Gasteiger partial charge in [-0.05, 0) is 36.5 Å². The molecule has 0 bridgehead atoms. The Hall–Kier alpha value is -3.10. The molecule has 5 rings (SSSR count). The van der Waals surface area contributed by atoms with E-state index in [2.05, 4.69) is 22.8 Å². The Morgan fingerprint density at radius 3 is 2.82 bits per heavy atom. The molecular weight excluding hydrogens is 424 g/mol. The molecule has 1 aromatic carbocycles. The second-order valence-electron chi connectivity index (χ2n) is 8.68. The van der Waals surface area contributed by atoms with Gasteiger partial charge in [-0.1, -0.05) is 24.3 Å². The molecule has 2 aromatic rings. The summed E-state index contributed by atoms with van der Waals surface area (Å²) in [5.41, 5.74) is 6.10. The zero-order valence-electron chi connectivity index (χ0n) is 18.7. The van der Waals surface area contributed by atoms with Crippen LogP contribution >= 0.6 is 0 Å². The highest BCUT2D eigenvalue weighted by Gasteiger charge is 2.24. The second kappa shape index (κ2) is 9.03. The van der Waals surface area contributed by atoms with Crippen molar-refractivity contribution in [1.82, 2.24) is 9.47 Å². The third-order valence-corrected chi connectivity index (χ3v) is 6.63. The fourth-order valence-electron chi connectivity index (χ4n) is 4.80. The van der Waals surface area contributed by atoms with E-state index >= 15 is 0 Å². The number of ether oxygens (including phenoxy) is 3. The molecule has 0 saturated carbocycles. The lowest BCUT2D eigenvalue weighted by atomic mass is 9.90. The van der Waals surface area contributed by atoms with Gasteiger partial charge in [-0.15, -0.1) is 0 Å². The van der Waals surface area contributed by atoms with E-state index in [9.17, 15) is 14.7 Å². The number of nitrogens with zero attached hydrogens (tertiary/aromatic N) is 2. The van der Waals surface area contributed by atoms with E-state index in [4.69, 9.17) is 14.2 Å². The molecule has 33 heavy (non-hydrogen) atoms. The molecule has 8 nitrogen and oxygen atoms in total. The van der Waals surface area contributed by atoms with Crippen molar-refractivity contribution in [2.24, 2.45) is 0 Å². The number of aryl methyl sites for hydroxylation is 1. The average Bonchev–Trinajstić information content (AvgIpc) is 2.85.